The highest BCUT2D eigenvalue weighted by Crippen LogP contribution is 2.30. The van der Waals surface area contributed by atoms with Crippen molar-refractivity contribution in [3.05, 3.63) is 12.0 Å². The molecule has 1 aliphatic rings. The molecular formula is C13H19N3OS. The highest BCUT2D eigenvalue weighted by atomic mass is 32.2. The van der Waals surface area contributed by atoms with Gasteiger partial charge in [-0.05, 0) is 33.1 Å². The van der Waals surface area contributed by atoms with Crippen molar-refractivity contribution in [2.75, 3.05) is 0 Å². The lowest BCUT2D eigenvalue weighted by Crippen LogP contribution is -2.44. The highest BCUT2D eigenvalue weighted by molar-refractivity contribution is 7.99. The Kier molecular flexibility index (Phi) is 3.98. The van der Waals surface area contributed by atoms with Gasteiger partial charge in [-0.25, -0.2) is 4.98 Å². The van der Waals surface area contributed by atoms with Crippen LogP contribution in [0, 0.1) is 18.3 Å². The van der Waals surface area contributed by atoms with Gasteiger partial charge in [0.25, 0.3) is 5.22 Å². The van der Waals surface area contributed by atoms with Crippen molar-refractivity contribution in [3.63, 3.8) is 0 Å². The van der Waals surface area contributed by atoms with Crippen LogP contribution in [0.4, 0.5) is 0 Å². The van der Waals surface area contributed by atoms with Gasteiger partial charge in [0.15, 0.2) is 0 Å². The second-order valence-electron chi connectivity index (χ2n) is 5.25. The topological polar surface area (TPSA) is 61.9 Å². The van der Waals surface area contributed by atoms with Crippen LogP contribution >= 0.6 is 11.8 Å². The Bertz CT molecular complexity index is 449. The van der Waals surface area contributed by atoms with E-state index in [2.05, 4.69) is 23.3 Å². The molecule has 1 aromatic heterocycles. The fourth-order valence-electron chi connectivity index (χ4n) is 1.99. The smallest absolute Gasteiger partial charge is 0.256 e. The van der Waals surface area contributed by atoms with E-state index in [9.17, 15) is 5.26 Å². The second-order valence-corrected chi connectivity index (χ2v) is 6.64. The quantitative estimate of drug-likeness (QED) is 0.801. The van der Waals surface area contributed by atoms with Gasteiger partial charge in [0, 0.05) is 11.3 Å². The summed E-state index contributed by atoms with van der Waals surface area (Å²) >= 11 is 1.59. The van der Waals surface area contributed by atoms with E-state index in [0.717, 1.165) is 12.1 Å². The molecule has 2 atom stereocenters. The predicted octanol–water partition coefficient (Wildman–Crippen LogP) is 2.89. The largest absolute Gasteiger partial charge is 0.440 e. The summed E-state index contributed by atoms with van der Waals surface area (Å²) in [7, 11) is 0. The number of aryl methyl sites for hydroxylation is 1. The van der Waals surface area contributed by atoms with Crippen molar-refractivity contribution in [1.82, 2.24) is 10.3 Å². The van der Waals surface area contributed by atoms with Crippen molar-refractivity contribution < 1.29 is 4.42 Å². The minimum Gasteiger partial charge on any atom is -0.440 e. The molecule has 0 aromatic carbocycles. The van der Waals surface area contributed by atoms with Gasteiger partial charge in [0.1, 0.15) is 11.8 Å². The predicted molar refractivity (Wildman–Crippen MR) is 71.4 cm³/mol. The molecule has 0 radical (unpaired) electrons. The van der Waals surface area contributed by atoms with Crippen molar-refractivity contribution in [1.29, 1.82) is 5.26 Å². The summed E-state index contributed by atoms with van der Waals surface area (Å²) in [5.74, 6) is 0. The number of hydrogen-bond donors (Lipinski definition) is 1. The Morgan fingerprint density at radius 2 is 2.44 bits per heavy atom. The van der Waals surface area contributed by atoms with E-state index < -0.39 is 5.54 Å². The van der Waals surface area contributed by atoms with Gasteiger partial charge >= 0.3 is 0 Å². The molecule has 0 spiro atoms. The molecule has 1 fully saturated rings. The van der Waals surface area contributed by atoms with Crippen molar-refractivity contribution in [3.8, 4) is 6.07 Å². The molecular weight excluding hydrogens is 246 g/mol. The number of hydrogen-bond acceptors (Lipinski definition) is 5. The van der Waals surface area contributed by atoms with Gasteiger partial charge in [-0.3, -0.25) is 5.32 Å². The Balaban J connectivity index is 1.88. The summed E-state index contributed by atoms with van der Waals surface area (Å²) in [5.41, 5.74) is 0.443. The maximum absolute atomic E-state index is 9.32. The van der Waals surface area contributed by atoms with Gasteiger partial charge in [-0.15, -0.1) is 0 Å². The van der Waals surface area contributed by atoms with E-state index in [1.165, 1.54) is 12.8 Å². The molecule has 18 heavy (non-hydrogen) atoms. The summed E-state index contributed by atoms with van der Waals surface area (Å²) in [5, 5.41) is 13.7. The Hall–Kier alpha value is -0.990. The van der Waals surface area contributed by atoms with Gasteiger partial charge in [0.2, 0.25) is 0 Å². The van der Waals surface area contributed by atoms with E-state index in [1.54, 1.807) is 18.0 Å². The third-order valence-electron chi connectivity index (χ3n) is 2.94. The second kappa shape index (κ2) is 5.33. The van der Waals surface area contributed by atoms with Gasteiger partial charge < -0.3 is 4.42 Å². The third kappa shape index (κ3) is 3.76. The van der Waals surface area contributed by atoms with E-state index in [0.29, 0.717) is 16.5 Å². The van der Waals surface area contributed by atoms with Crippen LogP contribution in [0.2, 0.25) is 0 Å². The number of aromatic nitrogens is 1. The molecule has 0 saturated heterocycles. The van der Waals surface area contributed by atoms with E-state index in [-0.39, 0.29) is 0 Å². The van der Waals surface area contributed by atoms with Crippen LogP contribution in [0.3, 0.4) is 0 Å². The first kappa shape index (κ1) is 13.4. The third-order valence-corrected chi connectivity index (χ3v) is 3.90. The first-order chi connectivity index (χ1) is 8.50. The van der Waals surface area contributed by atoms with E-state index in [1.807, 2.05) is 13.8 Å². The minimum atomic E-state index is -0.449. The van der Waals surface area contributed by atoms with Gasteiger partial charge in [0.05, 0.1) is 11.8 Å². The average molecular weight is 265 g/mol. The number of thioether (sulfide) groups is 1. The monoisotopic (exact) mass is 265 g/mol. The lowest BCUT2D eigenvalue weighted by Gasteiger charge is -2.25. The molecule has 1 heterocycles. The Labute approximate surface area is 112 Å². The lowest BCUT2D eigenvalue weighted by atomic mass is 9.98. The molecule has 1 saturated carbocycles. The average Bonchev–Trinajstić information content (AvgIpc) is 3.00. The Morgan fingerprint density at radius 3 is 2.94 bits per heavy atom. The minimum absolute atomic E-state index is 0.291. The SMILES string of the molecule is Cc1coc(SC(C)CC(C)(C#N)NC2CC2)n1. The molecule has 1 aliphatic carbocycles. The molecule has 2 unspecified atom stereocenters. The summed E-state index contributed by atoms with van der Waals surface area (Å²) in [6.45, 7) is 5.99. The van der Waals surface area contributed by atoms with Crippen LogP contribution < -0.4 is 5.32 Å². The molecule has 98 valence electrons. The molecule has 1 N–H and O–H groups in total. The van der Waals surface area contributed by atoms with Crippen LogP contribution in [-0.2, 0) is 0 Å². The standard InChI is InChI=1S/C13H19N3OS/c1-9-7-17-12(15-9)18-10(2)6-13(3,8-14)16-11-4-5-11/h7,10-11,16H,4-6H2,1-3H3. The molecule has 0 bridgehead atoms. The van der Waals surface area contributed by atoms with E-state index in [4.69, 9.17) is 4.42 Å². The highest BCUT2D eigenvalue weighted by Gasteiger charge is 2.34. The van der Waals surface area contributed by atoms with Crippen molar-refractivity contribution >= 4 is 11.8 Å². The molecule has 4 nitrogen and oxygen atoms in total. The van der Waals surface area contributed by atoms with E-state index >= 15 is 0 Å². The zero-order chi connectivity index (χ0) is 13.2. The van der Waals surface area contributed by atoms with Crippen LogP contribution in [0.5, 0.6) is 0 Å². The summed E-state index contributed by atoms with van der Waals surface area (Å²) < 4.78 is 5.33. The zero-order valence-electron chi connectivity index (χ0n) is 11.1. The number of oxazole rings is 1. The number of nitriles is 1. The summed E-state index contributed by atoms with van der Waals surface area (Å²) in [6, 6.07) is 2.93. The first-order valence-electron chi connectivity index (χ1n) is 6.28. The number of nitrogens with one attached hydrogen (secondary N) is 1. The molecule has 0 amide bonds. The normalized spacial score (nSPS) is 20.1. The maximum atomic E-state index is 9.32. The molecule has 5 heteroatoms. The van der Waals surface area contributed by atoms with Crippen LogP contribution in [0.1, 0.15) is 38.8 Å². The summed E-state index contributed by atoms with van der Waals surface area (Å²) in [4.78, 5) is 4.27. The fourth-order valence-corrected chi connectivity index (χ4v) is 3.05. The lowest BCUT2D eigenvalue weighted by molar-refractivity contribution is 0.411. The van der Waals surface area contributed by atoms with Crippen LogP contribution in [-0.4, -0.2) is 21.8 Å². The van der Waals surface area contributed by atoms with Crippen LogP contribution in [0.25, 0.3) is 0 Å². The fraction of sp³-hybridized carbons (Fsp3) is 0.692. The number of nitrogens with zero attached hydrogens (tertiary/aromatic N) is 2. The van der Waals surface area contributed by atoms with Gasteiger partial charge in [-0.1, -0.05) is 18.7 Å². The Morgan fingerprint density at radius 1 is 1.72 bits per heavy atom. The molecule has 2 rings (SSSR count). The molecule has 0 aliphatic heterocycles. The van der Waals surface area contributed by atoms with Crippen molar-refractivity contribution in [2.24, 2.45) is 0 Å². The van der Waals surface area contributed by atoms with Crippen molar-refractivity contribution in [2.45, 2.75) is 62.1 Å². The maximum Gasteiger partial charge on any atom is 0.256 e. The molecule has 1 aromatic rings. The first-order valence-corrected chi connectivity index (χ1v) is 7.16. The van der Waals surface area contributed by atoms with Crippen LogP contribution in [0.15, 0.2) is 15.9 Å². The summed E-state index contributed by atoms with van der Waals surface area (Å²) in [6.07, 6.45) is 4.82. The van der Waals surface area contributed by atoms with Gasteiger partial charge in [-0.2, -0.15) is 5.26 Å². The number of rotatable bonds is 6. The zero-order valence-corrected chi connectivity index (χ0v) is 11.9.